The number of anilines is 3. The lowest BCUT2D eigenvalue weighted by molar-refractivity contribution is 0.0982. The summed E-state index contributed by atoms with van der Waals surface area (Å²) in [6.45, 7) is 2.92. The van der Waals surface area contributed by atoms with Crippen LogP contribution in [0.5, 0.6) is 5.75 Å². The van der Waals surface area contributed by atoms with Crippen LogP contribution in [-0.4, -0.2) is 18.5 Å². The first-order valence-corrected chi connectivity index (χ1v) is 12.5. The monoisotopic (exact) mass is 495 g/mol. The van der Waals surface area contributed by atoms with Gasteiger partial charge in [-0.25, -0.2) is 4.79 Å². The maximum absolute atomic E-state index is 13.7. The van der Waals surface area contributed by atoms with Gasteiger partial charge in [-0.05, 0) is 67.1 Å². The number of fused-ring (bicyclic) bond motifs is 2. The third kappa shape index (κ3) is 5.21. The van der Waals surface area contributed by atoms with Gasteiger partial charge in [0, 0.05) is 21.2 Å². The van der Waals surface area contributed by atoms with Crippen molar-refractivity contribution in [2.75, 3.05) is 22.1 Å². The second-order valence-corrected chi connectivity index (χ2v) is 9.28. The second kappa shape index (κ2) is 10.6. The maximum atomic E-state index is 13.7. The summed E-state index contributed by atoms with van der Waals surface area (Å²) in [5, 5.41) is 5.73. The Labute approximate surface area is 214 Å². The summed E-state index contributed by atoms with van der Waals surface area (Å²) in [7, 11) is 0. The lowest BCUT2D eigenvalue weighted by atomic mass is 10.1. The van der Waals surface area contributed by atoms with Crippen LogP contribution in [0.2, 0.25) is 0 Å². The lowest BCUT2D eigenvalue weighted by Gasteiger charge is -2.24. The normalized spacial score (nSPS) is 12.2. The largest absolute Gasteiger partial charge is 0.494 e. The molecule has 3 amide bonds. The molecule has 0 spiro atoms. The summed E-state index contributed by atoms with van der Waals surface area (Å²) in [4.78, 5) is 30.0. The van der Waals surface area contributed by atoms with Gasteiger partial charge in [-0.2, -0.15) is 0 Å². The van der Waals surface area contributed by atoms with Crippen LogP contribution >= 0.6 is 11.8 Å². The van der Waals surface area contributed by atoms with Crippen LogP contribution in [0, 0.1) is 0 Å². The first kappa shape index (κ1) is 23.5. The summed E-state index contributed by atoms with van der Waals surface area (Å²) in [5.74, 6) is 0.674. The molecule has 4 aromatic rings. The highest BCUT2D eigenvalue weighted by atomic mass is 32.2. The van der Waals surface area contributed by atoms with Gasteiger partial charge in [0.05, 0.1) is 24.4 Å². The molecule has 0 radical (unpaired) electrons. The van der Waals surface area contributed by atoms with E-state index in [-0.39, 0.29) is 11.9 Å². The van der Waals surface area contributed by atoms with Crippen molar-refractivity contribution >= 4 is 40.8 Å². The van der Waals surface area contributed by atoms with E-state index >= 15 is 0 Å². The first-order valence-electron chi connectivity index (χ1n) is 11.7. The summed E-state index contributed by atoms with van der Waals surface area (Å²) >= 11 is 1.55. The van der Waals surface area contributed by atoms with E-state index in [0.717, 1.165) is 26.8 Å². The fourth-order valence-corrected chi connectivity index (χ4v) is 5.07. The molecule has 180 valence electrons. The van der Waals surface area contributed by atoms with E-state index in [9.17, 15) is 9.59 Å². The van der Waals surface area contributed by atoms with Crippen LogP contribution in [0.1, 0.15) is 22.8 Å². The maximum Gasteiger partial charge on any atom is 0.323 e. The highest BCUT2D eigenvalue weighted by Gasteiger charge is 2.27. The Morgan fingerprint density at radius 2 is 1.53 bits per heavy atom. The summed E-state index contributed by atoms with van der Waals surface area (Å²) < 4.78 is 5.45. The molecule has 0 atom stereocenters. The molecule has 7 heteroatoms. The third-order valence-electron chi connectivity index (χ3n) is 5.70. The quantitative estimate of drug-likeness (QED) is 0.301. The van der Waals surface area contributed by atoms with Gasteiger partial charge in [0.25, 0.3) is 5.91 Å². The number of nitrogens with one attached hydrogen (secondary N) is 2. The Balaban J connectivity index is 1.41. The van der Waals surface area contributed by atoms with Crippen LogP contribution < -0.4 is 20.3 Å². The SMILES string of the molecule is CCOc1ccc(NC(=O)Nc2ccc3c(c2)N(Cc2ccccc2)C(=O)c2ccccc2S3)cc1. The van der Waals surface area contributed by atoms with Gasteiger partial charge in [-0.15, -0.1) is 0 Å². The van der Waals surface area contributed by atoms with Gasteiger partial charge in [-0.3, -0.25) is 4.79 Å². The molecule has 4 aromatic carbocycles. The Bertz CT molecular complexity index is 1390. The molecule has 1 aliphatic rings. The predicted octanol–water partition coefficient (Wildman–Crippen LogP) is 7.04. The van der Waals surface area contributed by atoms with Gasteiger partial charge in [0.15, 0.2) is 0 Å². The number of hydrogen-bond donors (Lipinski definition) is 2. The van der Waals surface area contributed by atoms with Crippen LogP contribution in [0.4, 0.5) is 21.9 Å². The molecule has 0 unspecified atom stereocenters. The van der Waals surface area contributed by atoms with Crippen molar-refractivity contribution in [3.05, 3.63) is 108 Å². The molecule has 0 saturated carbocycles. The molecule has 0 bridgehead atoms. The molecular weight excluding hydrogens is 470 g/mol. The number of rotatable bonds is 6. The van der Waals surface area contributed by atoms with Crippen LogP contribution in [-0.2, 0) is 6.54 Å². The minimum absolute atomic E-state index is 0.0725. The van der Waals surface area contributed by atoms with Crippen molar-refractivity contribution < 1.29 is 14.3 Å². The van der Waals surface area contributed by atoms with Crippen LogP contribution in [0.15, 0.2) is 107 Å². The number of amides is 3. The van der Waals surface area contributed by atoms with Crippen molar-refractivity contribution in [1.82, 2.24) is 0 Å². The Kier molecular flexibility index (Phi) is 6.91. The number of carbonyl (C=O) groups excluding carboxylic acids is 2. The molecule has 36 heavy (non-hydrogen) atoms. The summed E-state index contributed by atoms with van der Waals surface area (Å²) in [5.41, 5.74) is 3.68. The van der Waals surface area contributed by atoms with Gasteiger partial charge < -0.3 is 20.3 Å². The fraction of sp³-hybridized carbons (Fsp3) is 0.103. The number of carbonyl (C=O) groups is 2. The van der Waals surface area contributed by atoms with Crippen molar-refractivity contribution in [1.29, 1.82) is 0 Å². The summed E-state index contributed by atoms with van der Waals surface area (Å²) in [6, 6.07) is 30.0. The number of nitrogens with zero attached hydrogens (tertiary/aromatic N) is 1. The Hall–Kier alpha value is -4.23. The number of ether oxygens (including phenoxy) is 1. The minimum Gasteiger partial charge on any atom is -0.494 e. The van der Waals surface area contributed by atoms with Crippen LogP contribution in [0.3, 0.4) is 0 Å². The number of urea groups is 1. The molecule has 0 saturated heterocycles. The molecule has 1 aliphatic heterocycles. The van der Waals surface area contributed by atoms with E-state index in [2.05, 4.69) is 10.6 Å². The van der Waals surface area contributed by atoms with Gasteiger partial charge >= 0.3 is 6.03 Å². The van der Waals surface area contributed by atoms with Crippen molar-refractivity contribution in [3.63, 3.8) is 0 Å². The zero-order chi connectivity index (χ0) is 24.9. The number of hydrogen-bond acceptors (Lipinski definition) is 4. The van der Waals surface area contributed by atoms with Gasteiger partial charge in [-0.1, -0.05) is 54.2 Å². The molecule has 2 N–H and O–H groups in total. The average Bonchev–Trinajstić information content (AvgIpc) is 3.00. The zero-order valence-electron chi connectivity index (χ0n) is 19.7. The molecule has 0 aromatic heterocycles. The first-order chi connectivity index (χ1) is 17.6. The van der Waals surface area contributed by atoms with E-state index in [1.165, 1.54) is 0 Å². The zero-order valence-corrected chi connectivity index (χ0v) is 20.5. The highest BCUT2D eigenvalue weighted by Crippen LogP contribution is 2.43. The van der Waals surface area contributed by atoms with E-state index in [4.69, 9.17) is 4.74 Å². The Morgan fingerprint density at radius 3 is 2.31 bits per heavy atom. The van der Waals surface area contributed by atoms with Crippen LogP contribution in [0.25, 0.3) is 0 Å². The summed E-state index contributed by atoms with van der Waals surface area (Å²) in [6.07, 6.45) is 0. The van der Waals surface area contributed by atoms with E-state index in [1.807, 2.05) is 91.9 Å². The molecule has 0 fully saturated rings. The molecule has 6 nitrogen and oxygen atoms in total. The fourth-order valence-electron chi connectivity index (χ4n) is 4.02. The van der Waals surface area contributed by atoms with E-state index in [0.29, 0.717) is 30.1 Å². The lowest BCUT2D eigenvalue weighted by Crippen LogP contribution is -2.30. The van der Waals surface area contributed by atoms with E-state index < -0.39 is 0 Å². The molecule has 5 rings (SSSR count). The smallest absolute Gasteiger partial charge is 0.323 e. The second-order valence-electron chi connectivity index (χ2n) is 8.19. The number of benzene rings is 4. The minimum atomic E-state index is -0.371. The van der Waals surface area contributed by atoms with Gasteiger partial charge in [0.2, 0.25) is 0 Å². The molecule has 1 heterocycles. The average molecular weight is 496 g/mol. The molecular formula is C29H25N3O3S. The molecule has 0 aliphatic carbocycles. The standard InChI is InChI=1S/C29H25N3O3S/c1-2-35-23-15-12-21(13-16-23)30-29(34)31-22-14-17-27-25(18-22)32(19-20-8-4-3-5-9-20)28(33)24-10-6-7-11-26(24)36-27/h3-18H,2,19H2,1H3,(H2,30,31,34). The highest BCUT2D eigenvalue weighted by molar-refractivity contribution is 7.99. The predicted molar refractivity (Wildman–Crippen MR) is 144 cm³/mol. The third-order valence-corrected chi connectivity index (χ3v) is 6.84. The van der Waals surface area contributed by atoms with Crippen molar-refractivity contribution in [2.45, 2.75) is 23.3 Å². The van der Waals surface area contributed by atoms with Crippen molar-refractivity contribution in [2.24, 2.45) is 0 Å². The topological polar surface area (TPSA) is 70.7 Å². The Morgan fingerprint density at radius 1 is 0.833 bits per heavy atom. The van der Waals surface area contributed by atoms with Crippen molar-refractivity contribution in [3.8, 4) is 5.75 Å². The van der Waals surface area contributed by atoms with Gasteiger partial charge in [0.1, 0.15) is 5.75 Å². The van der Waals surface area contributed by atoms with E-state index in [1.54, 1.807) is 28.8 Å².